The average molecular weight is 142 g/mol. The Hall–Kier alpha value is -1.10. The Labute approximate surface area is 58.3 Å². The fourth-order valence-corrected chi connectivity index (χ4v) is 0.548. The zero-order chi connectivity index (χ0) is 7.78. The van der Waals surface area contributed by atoms with Crippen molar-refractivity contribution >= 4 is 5.95 Å². The fourth-order valence-electron chi connectivity index (χ4n) is 0.548. The zero-order valence-corrected chi connectivity index (χ0v) is 5.92. The van der Waals surface area contributed by atoms with Crippen LogP contribution in [0.2, 0.25) is 0 Å². The Bertz CT molecular complexity index is 224. The molecule has 0 fully saturated rings. The number of nitrogens with two attached hydrogens (primary N) is 1. The SMILES string of the molecule is CC(C)(O)c1nc(N)n[nH]1. The van der Waals surface area contributed by atoms with Crippen LogP contribution in [0.15, 0.2) is 0 Å². The minimum Gasteiger partial charge on any atom is -0.382 e. The van der Waals surface area contributed by atoms with Crippen LogP contribution in [0.4, 0.5) is 5.95 Å². The van der Waals surface area contributed by atoms with Crippen molar-refractivity contribution in [3.05, 3.63) is 5.82 Å². The number of nitrogens with zero attached hydrogens (tertiary/aromatic N) is 2. The molecule has 0 spiro atoms. The van der Waals surface area contributed by atoms with E-state index in [-0.39, 0.29) is 5.95 Å². The van der Waals surface area contributed by atoms with Crippen LogP contribution in [-0.2, 0) is 5.60 Å². The van der Waals surface area contributed by atoms with Crippen molar-refractivity contribution in [1.29, 1.82) is 0 Å². The van der Waals surface area contributed by atoms with Gasteiger partial charge in [0, 0.05) is 0 Å². The van der Waals surface area contributed by atoms with Gasteiger partial charge in [-0.05, 0) is 13.8 Å². The molecule has 5 nitrogen and oxygen atoms in total. The molecule has 1 aromatic rings. The summed E-state index contributed by atoms with van der Waals surface area (Å²) in [7, 11) is 0. The lowest BCUT2D eigenvalue weighted by Gasteiger charge is -2.11. The van der Waals surface area contributed by atoms with E-state index in [1.165, 1.54) is 0 Å². The maximum atomic E-state index is 9.31. The summed E-state index contributed by atoms with van der Waals surface area (Å²) in [6, 6.07) is 0. The first-order chi connectivity index (χ1) is 4.50. The molecule has 0 atom stereocenters. The molecule has 0 aliphatic heterocycles. The second-order valence-corrected chi connectivity index (χ2v) is 2.60. The van der Waals surface area contributed by atoms with E-state index < -0.39 is 5.60 Å². The smallest absolute Gasteiger partial charge is 0.239 e. The van der Waals surface area contributed by atoms with Gasteiger partial charge in [-0.1, -0.05) is 0 Å². The molecule has 0 aliphatic rings. The Kier molecular flexibility index (Phi) is 1.37. The van der Waals surface area contributed by atoms with Gasteiger partial charge >= 0.3 is 0 Å². The van der Waals surface area contributed by atoms with Gasteiger partial charge in [0.25, 0.3) is 0 Å². The second kappa shape index (κ2) is 1.95. The van der Waals surface area contributed by atoms with E-state index in [1.807, 2.05) is 0 Å². The summed E-state index contributed by atoms with van der Waals surface area (Å²) in [5.41, 5.74) is 4.22. The van der Waals surface area contributed by atoms with Gasteiger partial charge in [-0.25, -0.2) is 0 Å². The number of H-pyrrole nitrogens is 1. The van der Waals surface area contributed by atoms with Crippen LogP contribution in [0.5, 0.6) is 0 Å². The third-order valence-electron chi connectivity index (χ3n) is 1.08. The number of aromatic amines is 1. The maximum Gasteiger partial charge on any atom is 0.239 e. The molecule has 5 heteroatoms. The van der Waals surface area contributed by atoms with Crippen LogP contribution in [0.1, 0.15) is 19.7 Å². The minimum atomic E-state index is -0.995. The zero-order valence-electron chi connectivity index (χ0n) is 5.92. The highest BCUT2D eigenvalue weighted by Crippen LogP contribution is 2.14. The highest BCUT2D eigenvalue weighted by atomic mass is 16.3. The van der Waals surface area contributed by atoms with Gasteiger partial charge in [-0.15, -0.1) is 5.10 Å². The predicted molar refractivity (Wildman–Crippen MR) is 36.0 cm³/mol. The minimum absolute atomic E-state index is 0.150. The van der Waals surface area contributed by atoms with Crippen LogP contribution < -0.4 is 5.73 Å². The van der Waals surface area contributed by atoms with Gasteiger partial charge in [-0.3, -0.25) is 5.10 Å². The molecule has 56 valence electrons. The number of rotatable bonds is 1. The second-order valence-electron chi connectivity index (χ2n) is 2.60. The number of aromatic nitrogens is 3. The molecule has 10 heavy (non-hydrogen) atoms. The summed E-state index contributed by atoms with van der Waals surface area (Å²) in [5.74, 6) is 0.530. The van der Waals surface area contributed by atoms with Crippen LogP contribution >= 0.6 is 0 Å². The lowest BCUT2D eigenvalue weighted by Crippen LogP contribution is -2.17. The quantitative estimate of drug-likeness (QED) is 0.498. The third-order valence-corrected chi connectivity index (χ3v) is 1.08. The first kappa shape index (κ1) is 7.01. The molecule has 0 saturated carbocycles. The molecule has 4 N–H and O–H groups in total. The summed E-state index contributed by atoms with van der Waals surface area (Å²) >= 11 is 0. The summed E-state index contributed by atoms with van der Waals surface area (Å²) in [5, 5.41) is 15.4. The van der Waals surface area contributed by atoms with Crippen molar-refractivity contribution in [2.75, 3.05) is 5.73 Å². The first-order valence-electron chi connectivity index (χ1n) is 2.91. The number of hydrogen-bond acceptors (Lipinski definition) is 4. The highest BCUT2D eigenvalue weighted by molar-refractivity contribution is 5.14. The van der Waals surface area contributed by atoms with Gasteiger partial charge in [0.15, 0.2) is 5.82 Å². The Morgan fingerprint density at radius 3 is 2.40 bits per heavy atom. The molecule has 0 amide bonds. The van der Waals surface area contributed by atoms with Gasteiger partial charge in [0.2, 0.25) is 5.95 Å². The van der Waals surface area contributed by atoms with Crippen molar-refractivity contribution in [3.8, 4) is 0 Å². The lowest BCUT2D eigenvalue weighted by molar-refractivity contribution is 0.0692. The van der Waals surface area contributed by atoms with Crippen LogP contribution in [0.25, 0.3) is 0 Å². The van der Waals surface area contributed by atoms with E-state index in [0.717, 1.165) is 0 Å². The van der Waals surface area contributed by atoms with E-state index >= 15 is 0 Å². The van der Waals surface area contributed by atoms with E-state index in [9.17, 15) is 5.11 Å². The van der Waals surface area contributed by atoms with E-state index in [2.05, 4.69) is 15.2 Å². The fraction of sp³-hybridized carbons (Fsp3) is 0.600. The van der Waals surface area contributed by atoms with E-state index in [1.54, 1.807) is 13.8 Å². The monoisotopic (exact) mass is 142 g/mol. The number of aliphatic hydroxyl groups is 1. The molecule has 0 aliphatic carbocycles. The molecule has 1 rings (SSSR count). The van der Waals surface area contributed by atoms with Gasteiger partial charge in [0.1, 0.15) is 5.60 Å². The Morgan fingerprint density at radius 2 is 2.20 bits per heavy atom. The highest BCUT2D eigenvalue weighted by Gasteiger charge is 2.19. The number of anilines is 1. The van der Waals surface area contributed by atoms with Crippen LogP contribution in [-0.4, -0.2) is 20.3 Å². The molecule has 0 radical (unpaired) electrons. The number of hydrogen-bond donors (Lipinski definition) is 3. The molecular weight excluding hydrogens is 132 g/mol. The average Bonchev–Trinajstić information content (AvgIpc) is 2.11. The van der Waals surface area contributed by atoms with Gasteiger partial charge in [0.05, 0.1) is 0 Å². The molecule has 0 aromatic carbocycles. The normalized spacial score (nSPS) is 11.9. The van der Waals surface area contributed by atoms with Crippen molar-refractivity contribution in [1.82, 2.24) is 15.2 Å². The Morgan fingerprint density at radius 1 is 1.60 bits per heavy atom. The van der Waals surface area contributed by atoms with Crippen molar-refractivity contribution < 1.29 is 5.11 Å². The van der Waals surface area contributed by atoms with Crippen LogP contribution in [0.3, 0.4) is 0 Å². The summed E-state index contributed by atoms with van der Waals surface area (Å²) < 4.78 is 0. The summed E-state index contributed by atoms with van der Waals surface area (Å²) in [4.78, 5) is 3.74. The topological polar surface area (TPSA) is 87.8 Å². The molecule has 1 heterocycles. The molecule has 0 saturated heterocycles. The molecular formula is C5H10N4O. The largest absolute Gasteiger partial charge is 0.382 e. The van der Waals surface area contributed by atoms with Crippen molar-refractivity contribution in [3.63, 3.8) is 0 Å². The predicted octanol–water partition coefficient (Wildman–Crippen LogP) is -0.386. The molecule has 0 bridgehead atoms. The third kappa shape index (κ3) is 1.24. The molecule has 0 unspecified atom stereocenters. The van der Waals surface area contributed by atoms with Crippen LogP contribution in [0, 0.1) is 0 Å². The Balaban J connectivity index is 2.96. The lowest BCUT2D eigenvalue weighted by atomic mass is 10.1. The number of nitrogens with one attached hydrogen (secondary N) is 1. The molecule has 1 aromatic heterocycles. The van der Waals surface area contributed by atoms with E-state index in [0.29, 0.717) is 5.82 Å². The van der Waals surface area contributed by atoms with Gasteiger partial charge < -0.3 is 10.8 Å². The van der Waals surface area contributed by atoms with E-state index in [4.69, 9.17) is 5.73 Å². The maximum absolute atomic E-state index is 9.31. The van der Waals surface area contributed by atoms with Crippen molar-refractivity contribution in [2.45, 2.75) is 19.4 Å². The standard InChI is InChI=1S/C5H10N4O/c1-5(2,10)3-7-4(6)9-8-3/h10H,1-2H3,(H3,6,7,8,9). The summed E-state index contributed by atoms with van der Waals surface area (Å²) in [6.45, 7) is 3.21. The first-order valence-corrected chi connectivity index (χ1v) is 2.91. The number of nitrogen functional groups attached to an aromatic ring is 1. The van der Waals surface area contributed by atoms with Crippen molar-refractivity contribution in [2.24, 2.45) is 0 Å². The van der Waals surface area contributed by atoms with Gasteiger partial charge in [-0.2, -0.15) is 4.98 Å². The summed E-state index contributed by atoms with van der Waals surface area (Å²) in [6.07, 6.45) is 0.